The van der Waals surface area contributed by atoms with Crippen LogP contribution in [0.4, 0.5) is 0 Å². The number of nitrogens with one attached hydrogen (secondary N) is 2. The van der Waals surface area contributed by atoms with Crippen molar-refractivity contribution in [2.24, 2.45) is 10.4 Å². The van der Waals surface area contributed by atoms with Gasteiger partial charge in [-0.15, -0.1) is 24.0 Å². The average Bonchev–Trinajstić information content (AvgIpc) is 3.13. The van der Waals surface area contributed by atoms with Crippen molar-refractivity contribution in [3.63, 3.8) is 0 Å². The number of aliphatic imine (C=N–C) groups is 1. The molecule has 0 saturated heterocycles. The summed E-state index contributed by atoms with van der Waals surface area (Å²) < 4.78 is 0.163. The number of thioether (sulfide) groups is 1. The number of nitrogens with zero attached hydrogens (tertiary/aromatic N) is 1. The summed E-state index contributed by atoms with van der Waals surface area (Å²) in [5.41, 5.74) is 0.116. The fourth-order valence-corrected chi connectivity index (χ4v) is 1.71. The number of aliphatic hydroxyl groups is 1. The quantitative estimate of drug-likeness (QED) is 0.347. The maximum Gasteiger partial charge on any atom is 0.191 e. The Labute approximate surface area is 138 Å². The molecule has 0 amide bonds. The summed E-state index contributed by atoms with van der Waals surface area (Å²) in [6, 6.07) is 0. The maximum atomic E-state index is 9.29. The third-order valence-corrected chi connectivity index (χ3v) is 4.67. The van der Waals surface area contributed by atoms with Crippen molar-refractivity contribution in [3.8, 4) is 0 Å². The van der Waals surface area contributed by atoms with Gasteiger partial charge in [0.15, 0.2) is 5.96 Å². The monoisotopic (exact) mass is 401 g/mol. The highest BCUT2D eigenvalue weighted by Crippen LogP contribution is 2.44. The molecule has 1 fully saturated rings. The van der Waals surface area contributed by atoms with Crippen molar-refractivity contribution in [3.05, 3.63) is 0 Å². The summed E-state index contributed by atoms with van der Waals surface area (Å²) in [6.07, 6.45) is 4.35. The predicted octanol–water partition coefficient (Wildman–Crippen LogP) is 2.07. The van der Waals surface area contributed by atoms with Crippen molar-refractivity contribution in [2.75, 3.05) is 32.5 Å². The van der Waals surface area contributed by atoms with E-state index in [-0.39, 0.29) is 40.7 Å². The molecule has 0 aromatic rings. The Balaban J connectivity index is 0.00000324. The van der Waals surface area contributed by atoms with Gasteiger partial charge in [0.05, 0.1) is 13.2 Å². The molecule has 3 N–H and O–H groups in total. The molecule has 114 valence electrons. The third-order valence-electron chi connectivity index (χ3n) is 3.44. The van der Waals surface area contributed by atoms with Gasteiger partial charge in [-0.3, -0.25) is 4.99 Å². The third kappa shape index (κ3) is 7.04. The van der Waals surface area contributed by atoms with Crippen molar-refractivity contribution in [2.45, 2.75) is 38.4 Å². The second-order valence-electron chi connectivity index (χ2n) is 5.67. The van der Waals surface area contributed by atoms with E-state index in [9.17, 15) is 5.11 Å². The number of guanidine groups is 1. The molecule has 0 heterocycles. The van der Waals surface area contributed by atoms with Gasteiger partial charge in [0.1, 0.15) is 0 Å². The van der Waals surface area contributed by atoms with E-state index in [2.05, 4.69) is 42.7 Å². The van der Waals surface area contributed by atoms with E-state index >= 15 is 0 Å². The molecule has 0 aliphatic heterocycles. The van der Waals surface area contributed by atoms with Gasteiger partial charge in [-0.25, -0.2) is 0 Å². The van der Waals surface area contributed by atoms with Crippen LogP contribution in [0.2, 0.25) is 0 Å². The van der Waals surface area contributed by atoms with Gasteiger partial charge in [0, 0.05) is 23.3 Å². The van der Waals surface area contributed by atoms with Crippen LogP contribution in [0.15, 0.2) is 4.99 Å². The van der Waals surface area contributed by atoms with Crippen LogP contribution in [0.1, 0.15) is 33.6 Å². The second kappa shape index (κ2) is 8.56. The van der Waals surface area contributed by atoms with Gasteiger partial charge in [-0.1, -0.05) is 0 Å². The van der Waals surface area contributed by atoms with Gasteiger partial charge in [0.2, 0.25) is 0 Å². The fraction of sp³-hybridized carbons (Fsp3) is 0.923. The van der Waals surface area contributed by atoms with Crippen molar-refractivity contribution in [1.82, 2.24) is 10.6 Å². The van der Waals surface area contributed by atoms with E-state index < -0.39 is 0 Å². The summed E-state index contributed by atoms with van der Waals surface area (Å²) in [6.45, 7) is 9.19. The summed E-state index contributed by atoms with van der Waals surface area (Å²) in [4.78, 5) is 4.61. The first kappa shape index (κ1) is 19.3. The molecule has 19 heavy (non-hydrogen) atoms. The van der Waals surface area contributed by atoms with Gasteiger partial charge >= 0.3 is 0 Å². The number of aliphatic hydroxyl groups excluding tert-OH is 1. The Hall–Kier alpha value is 0.310. The molecule has 4 nitrogen and oxygen atoms in total. The number of halogens is 1. The van der Waals surface area contributed by atoms with Crippen LogP contribution in [-0.2, 0) is 0 Å². The minimum absolute atomic E-state index is 0. The molecule has 0 radical (unpaired) electrons. The Kier molecular flexibility index (Phi) is 8.70. The number of hydrogen-bond donors (Lipinski definition) is 3. The lowest BCUT2D eigenvalue weighted by atomic mass is 10.1. The number of hydrogen-bond acceptors (Lipinski definition) is 3. The van der Waals surface area contributed by atoms with Crippen LogP contribution in [0.25, 0.3) is 0 Å². The van der Waals surface area contributed by atoms with Crippen LogP contribution >= 0.6 is 35.7 Å². The van der Waals surface area contributed by atoms with Crippen molar-refractivity contribution >= 4 is 41.7 Å². The molecule has 0 aromatic carbocycles. The van der Waals surface area contributed by atoms with Crippen molar-refractivity contribution < 1.29 is 5.11 Å². The first-order valence-electron chi connectivity index (χ1n) is 6.65. The Bertz CT molecular complexity index is 294. The SMILES string of the molecule is CCNC(=NCC(C)(C)SC)NCC1(CO)CC1.I. The summed E-state index contributed by atoms with van der Waals surface area (Å²) >= 11 is 1.83. The zero-order valence-electron chi connectivity index (χ0n) is 12.5. The van der Waals surface area contributed by atoms with Crippen LogP contribution in [0.3, 0.4) is 0 Å². The standard InChI is InChI=1S/C13H27N3OS.HI/c1-5-14-11(15-8-12(2,3)18-4)16-9-13(10-17)6-7-13;/h17H,5-10H2,1-4H3,(H2,14,15,16);1H. The normalized spacial score (nSPS) is 17.6. The molecule has 0 bridgehead atoms. The molecule has 1 rings (SSSR count). The highest BCUT2D eigenvalue weighted by Gasteiger charge is 2.41. The van der Waals surface area contributed by atoms with Crippen LogP contribution in [-0.4, -0.2) is 48.3 Å². The van der Waals surface area contributed by atoms with Crippen molar-refractivity contribution in [1.29, 1.82) is 0 Å². The topological polar surface area (TPSA) is 56.7 Å². The Morgan fingerprint density at radius 3 is 2.42 bits per heavy atom. The van der Waals surface area contributed by atoms with E-state index in [1.807, 2.05) is 11.8 Å². The molecule has 0 spiro atoms. The smallest absolute Gasteiger partial charge is 0.191 e. The van der Waals surface area contributed by atoms with E-state index in [1.165, 1.54) is 0 Å². The van der Waals surface area contributed by atoms with Gasteiger partial charge in [-0.05, 0) is 39.9 Å². The Morgan fingerprint density at radius 2 is 2.00 bits per heavy atom. The highest BCUT2D eigenvalue weighted by molar-refractivity contribution is 14.0. The molecule has 0 unspecified atom stereocenters. The Morgan fingerprint density at radius 1 is 1.37 bits per heavy atom. The number of rotatable bonds is 7. The predicted molar refractivity (Wildman–Crippen MR) is 95.7 cm³/mol. The molecule has 1 aliphatic carbocycles. The second-order valence-corrected chi connectivity index (χ2v) is 7.18. The average molecular weight is 401 g/mol. The molecular weight excluding hydrogens is 373 g/mol. The molecule has 1 aliphatic rings. The summed E-state index contributed by atoms with van der Waals surface area (Å²) in [5, 5.41) is 15.9. The van der Waals surface area contributed by atoms with E-state index in [1.54, 1.807) is 0 Å². The zero-order chi connectivity index (χ0) is 13.6. The largest absolute Gasteiger partial charge is 0.396 e. The summed E-state index contributed by atoms with van der Waals surface area (Å²) in [5.74, 6) is 0.861. The van der Waals surface area contributed by atoms with E-state index in [4.69, 9.17) is 0 Å². The molecule has 0 atom stereocenters. The van der Waals surface area contributed by atoms with Gasteiger partial charge in [-0.2, -0.15) is 11.8 Å². The highest BCUT2D eigenvalue weighted by atomic mass is 127. The lowest BCUT2D eigenvalue weighted by molar-refractivity contribution is 0.212. The molecule has 1 saturated carbocycles. The zero-order valence-corrected chi connectivity index (χ0v) is 15.6. The fourth-order valence-electron chi connectivity index (χ4n) is 1.51. The molecule has 0 aromatic heterocycles. The van der Waals surface area contributed by atoms with E-state index in [0.717, 1.165) is 38.4 Å². The van der Waals surface area contributed by atoms with Crippen LogP contribution in [0, 0.1) is 5.41 Å². The lowest BCUT2D eigenvalue weighted by Gasteiger charge is -2.21. The minimum Gasteiger partial charge on any atom is -0.396 e. The summed E-state index contributed by atoms with van der Waals surface area (Å²) in [7, 11) is 0. The van der Waals surface area contributed by atoms with Crippen LogP contribution in [0.5, 0.6) is 0 Å². The maximum absolute atomic E-state index is 9.29. The van der Waals surface area contributed by atoms with E-state index in [0.29, 0.717) is 0 Å². The lowest BCUT2D eigenvalue weighted by Crippen LogP contribution is -2.41. The molecular formula is C13H28IN3OS. The first-order chi connectivity index (χ1) is 8.47. The van der Waals surface area contributed by atoms with Gasteiger partial charge < -0.3 is 15.7 Å². The minimum atomic E-state index is 0. The van der Waals surface area contributed by atoms with Crippen LogP contribution < -0.4 is 10.6 Å². The molecule has 6 heteroatoms. The first-order valence-corrected chi connectivity index (χ1v) is 7.88. The van der Waals surface area contributed by atoms with Gasteiger partial charge in [0.25, 0.3) is 0 Å².